The molecule has 0 bridgehead atoms. The van der Waals surface area contributed by atoms with Crippen LogP contribution in [0.25, 0.3) is 0 Å². The smallest absolute Gasteiger partial charge is 0.273 e. The predicted octanol–water partition coefficient (Wildman–Crippen LogP) is 1.91. The Balaban J connectivity index is 2.21. The molecule has 0 unspecified atom stereocenters. The number of amides is 1. The average Bonchev–Trinajstić information content (AvgIpc) is 2.83. The van der Waals surface area contributed by atoms with Crippen molar-refractivity contribution in [3.05, 3.63) is 57.4 Å². The van der Waals surface area contributed by atoms with Gasteiger partial charge in [0.2, 0.25) is 0 Å². The second-order valence-corrected chi connectivity index (χ2v) is 4.87. The molecule has 0 N–H and O–H groups in total. The lowest BCUT2D eigenvalue weighted by molar-refractivity contribution is -0.385. The van der Waals surface area contributed by atoms with Crippen molar-refractivity contribution in [2.45, 2.75) is 13.5 Å². The van der Waals surface area contributed by atoms with Crippen molar-refractivity contribution >= 4 is 11.6 Å². The van der Waals surface area contributed by atoms with Crippen LogP contribution in [0.3, 0.4) is 0 Å². The van der Waals surface area contributed by atoms with Crippen molar-refractivity contribution in [3.8, 4) is 0 Å². The summed E-state index contributed by atoms with van der Waals surface area (Å²) < 4.78 is 1.68. The average molecular weight is 288 g/mol. The standard InChI is InChI=1S/C14H16N4O3/c1-10-4-5-11(8-13(10)18(20)21)14(19)16(2)9-12-6-7-15-17(12)3/h4-8H,9H2,1-3H3. The van der Waals surface area contributed by atoms with Crippen LogP contribution in [-0.4, -0.2) is 32.6 Å². The zero-order valence-electron chi connectivity index (χ0n) is 12.1. The van der Waals surface area contributed by atoms with E-state index in [4.69, 9.17) is 0 Å². The van der Waals surface area contributed by atoms with Gasteiger partial charge in [0.1, 0.15) is 0 Å². The van der Waals surface area contributed by atoms with Gasteiger partial charge in [-0.1, -0.05) is 6.07 Å². The van der Waals surface area contributed by atoms with Gasteiger partial charge in [0, 0.05) is 37.5 Å². The summed E-state index contributed by atoms with van der Waals surface area (Å²) in [7, 11) is 3.45. The molecule has 1 aromatic heterocycles. The molecule has 110 valence electrons. The number of nitro groups is 1. The van der Waals surface area contributed by atoms with Crippen molar-refractivity contribution in [1.29, 1.82) is 0 Å². The van der Waals surface area contributed by atoms with Gasteiger partial charge in [-0.05, 0) is 19.1 Å². The molecule has 1 aromatic carbocycles. The molecule has 0 aliphatic carbocycles. The lowest BCUT2D eigenvalue weighted by Crippen LogP contribution is -2.27. The second-order valence-electron chi connectivity index (χ2n) is 4.87. The van der Waals surface area contributed by atoms with Gasteiger partial charge in [0.15, 0.2) is 0 Å². The minimum absolute atomic E-state index is 0.0465. The molecular weight excluding hydrogens is 272 g/mol. The highest BCUT2D eigenvalue weighted by Crippen LogP contribution is 2.20. The van der Waals surface area contributed by atoms with Crippen LogP contribution >= 0.6 is 0 Å². The van der Waals surface area contributed by atoms with Crippen LogP contribution in [-0.2, 0) is 13.6 Å². The quantitative estimate of drug-likeness (QED) is 0.635. The first-order valence-electron chi connectivity index (χ1n) is 6.37. The highest BCUT2D eigenvalue weighted by molar-refractivity contribution is 5.94. The highest BCUT2D eigenvalue weighted by Gasteiger charge is 2.18. The first-order valence-corrected chi connectivity index (χ1v) is 6.37. The van der Waals surface area contributed by atoms with Crippen molar-refractivity contribution in [3.63, 3.8) is 0 Å². The minimum Gasteiger partial charge on any atom is -0.336 e. The molecule has 0 atom stereocenters. The van der Waals surface area contributed by atoms with Gasteiger partial charge in [-0.15, -0.1) is 0 Å². The fraction of sp³-hybridized carbons (Fsp3) is 0.286. The topological polar surface area (TPSA) is 81.3 Å². The van der Waals surface area contributed by atoms with Gasteiger partial charge < -0.3 is 4.90 Å². The van der Waals surface area contributed by atoms with Crippen LogP contribution < -0.4 is 0 Å². The Morgan fingerprint density at radius 3 is 2.71 bits per heavy atom. The normalized spacial score (nSPS) is 10.4. The van der Waals surface area contributed by atoms with Gasteiger partial charge in [-0.25, -0.2) is 0 Å². The molecule has 1 heterocycles. The molecule has 0 saturated carbocycles. The highest BCUT2D eigenvalue weighted by atomic mass is 16.6. The predicted molar refractivity (Wildman–Crippen MR) is 76.8 cm³/mol. The van der Waals surface area contributed by atoms with Gasteiger partial charge >= 0.3 is 0 Å². The summed E-state index contributed by atoms with van der Waals surface area (Å²) in [5, 5.41) is 15.0. The van der Waals surface area contributed by atoms with Crippen LogP contribution in [0, 0.1) is 17.0 Å². The molecule has 0 fully saturated rings. The van der Waals surface area contributed by atoms with E-state index in [0.717, 1.165) is 5.69 Å². The molecular formula is C14H16N4O3. The zero-order valence-corrected chi connectivity index (χ0v) is 12.1. The zero-order chi connectivity index (χ0) is 15.6. The SMILES string of the molecule is Cc1ccc(C(=O)N(C)Cc2ccnn2C)cc1[N+](=O)[O-]. The third-order valence-corrected chi connectivity index (χ3v) is 3.32. The van der Waals surface area contributed by atoms with Crippen LogP contribution in [0.15, 0.2) is 30.5 Å². The van der Waals surface area contributed by atoms with E-state index in [2.05, 4.69) is 5.10 Å². The first-order chi connectivity index (χ1) is 9.90. The number of aryl methyl sites for hydroxylation is 2. The van der Waals surface area contributed by atoms with Crippen LogP contribution in [0.5, 0.6) is 0 Å². The van der Waals surface area contributed by atoms with E-state index < -0.39 is 4.92 Å². The number of benzene rings is 1. The van der Waals surface area contributed by atoms with Crippen LogP contribution in [0.2, 0.25) is 0 Å². The Hall–Kier alpha value is -2.70. The van der Waals surface area contributed by atoms with Crippen molar-refractivity contribution < 1.29 is 9.72 Å². The molecule has 0 saturated heterocycles. The number of aromatic nitrogens is 2. The number of carbonyl (C=O) groups is 1. The van der Waals surface area contributed by atoms with Crippen LogP contribution in [0.4, 0.5) is 5.69 Å². The molecule has 0 spiro atoms. The lowest BCUT2D eigenvalue weighted by atomic mass is 10.1. The Bertz CT molecular complexity index is 693. The van der Waals surface area contributed by atoms with E-state index in [0.29, 0.717) is 17.7 Å². The third kappa shape index (κ3) is 3.07. The molecule has 7 nitrogen and oxygen atoms in total. The number of hydrogen-bond donors (Lipinski definition) is 0. The van der Waals surface area contributed by atoms with Crippen LogP contribution in [0.1, 0.15) is 21.6 Å². The summed E-state index contributed by atoms with van der Waals surface area (Å²) in [6, 6.07) is 6.33. The first kappa shape index (κ1) is 14.7. The summed E-state index contributed by atoms with van der Waals surface area (Å²) in [5.41, 5.74) is 1.67. The van der Waals surface area contributed by atoms with Crippen molar-refractivity contribution in [2.24, 2.45) is 7.05 Å². The Morgan fingerprint density at radius 2 is 2.14 bits per heavy atom. The Labute approximate surface area is 121 Å². The van der Waals surface area contributed by atoms with E-state index >= 15 is 0 Å². The molecule has 0 radical (unpaired) electrons. The maximum absolute atomic E-state index is 12.3. The van der Waals surface area contributed by atoms with E-state index in [1.807, 2.05) is 6.07 Å². The molecule has 2 aromatic rings. The maximum Gasteiger partial charge on any atom is 0.273 e. The number of hydrogen-bond acceptors (Lipinski definition) is 4. The van der Waals surface area contributed by atoms with Gasteiger partial charge in [0.25, 0.3) is 11.6 Å². The molecule has 21 heavy (non-hydrogen) atoms. The van der Waals surface area contributed by atoms with Crippen molar-refractivity contribution in [2.75, 3.05) is 7.05 Å². The van der Waals surface area contributed by atoms with Gasteiger partial charge in [-0.3, -0.25) is 19.6 Å². The fourth-order valence-electron chi connectivity index (χ4n) is 2.03. The summed E-state index contributed by atoms with van der Waals surface area (Å²) in [4.78, 5) is 24.3. The summed E-state index contributed by atoms with van der Waals surface area (Å²) in [6.07, 6.45) is 1.66. The van der Waals surface area contributed by atoms with E-state index in [9.17, 15) is 14.9 Å². The van der Waals surface area contributed by atoms with Crippen molar-refractivity contribution in [1.82, 2.24) is 14.7 Å². The fourth-order valence-corrected chi connectivity index (χ4v) is 2.03. The summed E-state index contributed by atoms with van der Waals surface area (Å²) >= 11 is 0. The number of rotatable bonds is 4. The Kier molecular flexibility index (Phi) is 4.02. The lowest BCUT2D eigenvalue weighted by Gasteiger charge is -2.17. The van der Waals surface area contributed by atoms with E-state index in [-0.39, 0.29) is 11.6 Å². The van der Waals surface area contributed by atoms with Gasteiger partial charge in [0.05, 0.1) is 17.2 Å². The summed E-state index contributed by atoms with van der Waals surface area (Å²) in [5.74, 6) is -0.265. The molecule has 7 heteroatoms. The van der Waals surface area contributed by atoms with E-state index in [1.165, 1.54) is 11.0 Å². The molecule has 1 amide bonds. The minimum atomic E-state index is -0.479. The summed E-state index contributed by atoms with van der Waals surface area (Å²) in [6.45, 7) is 2.03. The second kappa shape index (κ2) is 5.74. The number of nitrogens with zero attached hydrogens (tertiary/aromatic N) is 4. The monoisotopic (exact) mass is 288 g/mol. The van der Waals surface area contributed by atoms with E-state index in [1.54, 1.807) is 44.0 Å². The molecule has 2 rings (SSSR count). The largest absolute Gasteiger partial charge is 0.336 e. The maximum atomic E-state index is 12.3. The molecule has 0 aliphatic rings. The van der Waals surface area contributed by atoms with Gasteiger partial charge in [-0.2, -0.15) is 5.10 Å². The number of nitro benzene ring substituents is 1. The number of carbonyl (C=O) groups excluding carboxylic acids is 1. The third-order valence-electron chi connectivity index (χ3n) is 3.32. The molecule has 0 aliphatic heterocycles. The Morgan fingerprint density at radius 1 is 1.43 bits per heavy atom.